The van der Waals surface area contributed by atoms with Crippen molar-refractivity contribution in [3.05, 3.63) is 29.8 Å². The number of benzene rings is 1. The number of carbonyl (C=O) groups is 1. The fourth-order valence-electron chi connectivity index (χ4n) is 2.98. The van der Waals surface area contributed by atoms with Gasteiger partial charge in [0.05, 0.1) is 5.69 Å². The highest BCUT2D eigenvalue weighted by atomic mass is 16.2. The van der Waals surface area contributed by atoms with Gasteiger partial charge in [-0.15, -0.1) is 0 Å². The number of amides is 2. The van der Waals surface area contributed by atoms with Gasteiger partial charge in [-0.25, -0.2) is 4.79 Å². The number of nitrogens with zero attached hydrogens (tertiary/aromatic N) is 1. The van der Waals surface area contributed by atoms with E-state index in [-0.39, 0.29) is 6.03 Å². The van der Waals surface area contributed by atoms with E-state index >= 15 is 0 Å². The lowest BCUT2D eigenvalue weighted by Gasteiger charge is -2.24. The predicted octanol–water partition coefficient (Wildman–Crippen LogP) is 3.20. The van der Waals surface area contributed by atoms with Gasteiger partial charge in [-0.1, -0.05) is 25.1 Å². The van der Waals surface area contributed by atoms with Crippen molar-refractivity contribution in [1.29, 1.82) is 0 Å². The molecule has 1 heterocycles. The van der Waals surface area contributed by atoms with E-state index in [9.17, 15) is 4.79 Å². The standard InChI is InChI=1S/C17H25N3O/c1-2-11-18-15-7-5-12-20(17(21)19-13-9-10-13)16-8-4-3-6-14(15)16/h3-4,6,8,13,15,18H,2,5,7,9-12H2,1H3,(H,19,21). The molecule has 1 atom stereocenters. The number of carbonyl (C=O) groups excluding carboxylic acids is 1. The van der Waals surface area contributed by atoms with Gasteiger partial charge < -0.3 is 10.6 Å². The van der Waals surface area contributed by atoms with Crippen molar-refractivity contribution < 1.29 is 4.79 Å². The molecule has 0 spiro atoms. The van der Waals surface area contributed by atoms with Crippen LogP contribution in [0.25, 0.3) is 0 Å². The van der Waals surface area contributed by atoms with Crippen molar-refractivity contribution >= 4 is 11.7 Å². The van der Waals surface area contributed by atoms with Crippen molar-refractivity contribution in [2.45, 2.75) is 51.1 Å². The maximum atomic E-state index is 12.5. The van der Waals surface area contributed by atoms with Gasteiger partial charge in [0.1, 0.15) is 0 Å². The molecule has 1 aromatic carbocycles. The van der Waals surface area contributed by atoms with Gasteiger partial charge in [0.2, 0.25) is 0 Å². The first-order valence-electron chi connectivity index (χ1n) is 8.20. The van der Waals surface area contributed by atoms with Crippen LogP contribution in [0.3, 0.4) is 0 Å². The summed E-state index contributed by atoms with van der Waals surface area (Å²) in [6, 6.07) is 9.17. The molecule has 0 radical (unpaired) electrons. The number of anilines is 1. The van der Waals surface area contributed by atoms with Crippen LogP contribution >= 0.6 is 0 Å². The molecule has 3 rings (SSSR count). The Balaban J connectivity index is 1.82. The van der Waals surface area contributed by atoms with Crippen LogP contribution in [-0.2, 0) is 0 Å². The lowest BCUT2D eigenvalue weighted by atomic mass is 10.0. The molecule has 2 aliphatic rings. The molecule has 4 heteroatoms. The third kappa shape index (κ3) is 3.38. The minimum atomic E-state index is 0.0705. The number of rotatable bonds is 4. The second kappa shape index (κ2) is 6.48. The number of para-hydroxylation sites is 1. The van der Waals surface area contributed by atoms with Crippen LogP contribution in [0.2, 0.25) is 0 Å². The molecule has 2 N–H and O–H groups in total. The zero-order valence-corrected chi connectivity index (χ0v) is 12.8. The SMILES string of the molecule is CCCNC1CCCN(C(=O)NC2CC2)c2ccccc21. The lowest BCUT2D eigenvalue weighted by molar-refractivity contribution is 0.246. The molecule has 4 nitrogen and oxygen atoms in total. The number of hydrogen-bond donors (Lipinski definition) is 2. The first-order chi connectivity index (χ1) is 10.3. The summed E-state index contributed by atoms with van der Waals surface area (Å²) in [6.45, 7) is 4.01. The van der Waals surface area contributed by atoms with Crippen LogP contribution in [0.1, 0.15) is 50.6 Å². The summed E-state index contributed by atoms with van der Waals surface area (Å²) in [5.41, 5.74) is 2.33. The summed E-state index contributed by atoms with van der Waals surface area (Å²) in [5.74, 6) is 0. The van der Waals surface area contributed by atoms with Crippen molar-refractivity contribution in [3.63, 3.8) is 0 Å². The minimum Gasteiger partial charge on any atom is -0.335 e. The van der Waals surface area contributed by atoms with Crippen LogP contribution in [-0.4, -0.2) is 25.2 Å². The Bertz CT molecular complexity index is 499. The van der Waals surface area contributed by atoms with Gasteiger partial charge in [0.25, 0.3) is 0 Å². The first-order valence-corrected chi connectivity index (χ1v) is 8.20. The number of urea groups is 1. The Kier molecular flexibility index (Phi) is 4.44. The molecule has 0 bridgehead atoms. The monoisotopic (exact) mass is 287 g/mol. The molecule has 1 saturated carbocycles. The van der Waals surface area contributed by atoms with Crippen LogP contribution in [0.15, 0.2) is 24.3 Å². The van der Waals surface area contributed by atoms with E-state index in [2.05, 4.69) is 35.8 Å². The fourth-order valence-corrected chi connectivity index (χ4v) is 2.98. The second-order valence-corrected chi connectivity index (χ2v) is 6.08. The molecular weight excluding hydrogens is 262 g/mol. The van der Waals surface area contributed by atoms with E-state index in [1.807, 2.05) is 11.0 Å². The molecule has 21 heavy (non-hydrogen) atoms. The Hall–Kier alpha value is -1.55. The van der Waals surface area contributed by atoms with Gasteiger partial charge in [-0.2, -0.15) is 0 Å². The average molecular weight is 287 g/mol. The third-order valence-corrected chi connectivity index (χ3v) is 4.27. The van der Waals surface area contributed by atoms with Crippen molar-refractivity contribution in [2.24, 2.45) is 0 Å². The second-order valence-electron chi connectivity index (χ2n) is 6.08. The summed E-state index contributed by atoms with van der Waals surface area (Å²) in [7, 11) is 0. The predicted molar refractivity (Wildman–Crippen MR) is 85.6 cm³/mol. The van der Waals surface area contributed by atoms with Gasteiger partial charge in [0.15, 0.2) is 0 Å². The summed E-state index contributed by atoms with van der Waals surface area (Å²) in [5, 5.41) is 6.74. The highest BCUT2D eigenvalue weighted by Gasteiger charge is 2.29. The minimum absolute atomic E-state index is 0.0705. The van der Waals surface area contributed by atoms with E-state index in [0.29, 0.717) is 12.1 Å². The fraction of sp³-hybridized carbons (Fsp3) is 0.588. The van der Waals surface area contributed by atoms with Crippen LogP contribution in [0, 0.1) is 0 Å². The highest BCUT2D eigenvalue weighted by Crippen LogP contribution is 2.33. The quantitative estimate of drug-likeness (QED) is 0.893. The van der Waals surface area contributed by atoms with Crippen LogP contribution < -0.4 is 15.5 Å². The van der Waals surface area contributed by atoms with E-state index in [4.69, 9.17) is 0 Å². The maximum absolute atomic E-state index is 12.5. The molecule has 114 valence electrons. The van der Waals surface area contributed by atoms with Crippen molar-refractivity contribution in [2.75, 3.05) is 18.0 Å². The Morgan fingerprint density at radius 2 is 2.10 bits per heavy atom. The smallest absolute Gasteiger partial charge is 0.322 e. The maximum Gasteiger partial charge on any atom is 0.322 e. The zero-order chi connectivity index (χ0) is 14.7. The number of hydrogen-bond acceptors (Lipinski definition) is 2. The first kappa shape index (κ1) is 14.4. The van der Waals surface area contributed by atoms with Crippen molar-refractivity contribution in [1.82, 2.24) is 10.6 Å². The van der Waals surface area contributed by atoms with E-state index in [0.717, 1.165) is 50.9 Å². The molecule has 1 aliphatic heterocycles. The largest absolute Gasteiger partial charge is 0.335 e. The van der Waals surface area contributed by atoms with Crippen molar-refractivity contribution in [3.8, 4) is 0 Å². The van der Waals surface area contributed by atoms with Gasteiger partial charge in [0, 0.05) is 18.6 Å². The third-order valence-electron chi connectivity index (χ3n) is 4.27. The molecule has 0 saturated heterocycles. The average Bonchev–Trinajstić information content (AvgIpc) is 3.31. The van der Waals surface area contributed by atoms with E-state index in [1.165, 1.54) is 5.56 Å². The molecule has 1 unspecified atom stereocenters. The van der Waals surface area contributed by atoms with Crippen LogP contribution in [0.4, 0.5) is 10.5 Å². The molecular formula is C17H25N3O. The summed E-state index contributed by atoms with van der Waals surface area (Å²) < 4.78 is 0. The Morgan fingerprint density at radius 3 is 2.86 bits per heavy atom. The number of fused-ring (bicyclic) bond motifs is 1. The molecule has 2 amide bonds. The molecule has 1 aromatic rings. The molecule has 1 fully saturated rings. The summed E-state index contributed by atoms with van der Waals surface area (Å²) in [4.78, 5) is 14.4. The van der Waals surface area contributed by atoms with Gasteiger partial charge in [-0.05, 0) is 50.3 Å². The van der Waals surface area contributed by atoms with Gasteiger partial charge in [-0.3, -0.25) is 4.90 Å². The van der Waals surface area contributed by atoms with Crippen LogP contribution in [0.5, 0.6) is 0 Å². The molecule has 0 aromatic heterocycles. The summed E-state index contributed by atoms with van der Waals surface area (Å²) in [6.07, 6.45) is 5.51. The number of nitrogens with one attached hydrogen (secondary N) is 2. The van der Waals surface area contributed by atoms with Gasteiger partial charge >= 0.3 is 6.03 Å². The topological polar surface area (TPSA) is 44.4 Å². The Morgan fingerprint density at radius 1 is 1.29 bits per heavy atom. The Labute approximate surface area is 126 Å². The van der Waals surface area contributed by atoms with E-state index < -0.39 is 0 Å². The lowest BCUT2D eigenvalue weighted by Crippen LogP contribution is -2.41. The van der Waals surface area contributed by atoms with E-state index in [1.54, 1.807) is 0 Å². The summed E-state index contributed by atoms with van der Waals surface area (Å²) >= 11 is 0. The highest BCUT2D eigenvalue weighted by molar-refractivity contribution is 5.93. The zero-order valence-electron chi connectivity index (χ0n) is 12.8. The normalized spacial score (nSPS) is 21.6. The molecule has 1 aliphatic carbocycles.